The van der Waals surface area contributed by atoms with E-state index in [0.717, 1.165) is 5.56 Å². The van der Waals surface area contributed by atoms with Crippen LogP contribution in [-0.2, 0) is 11.2 Å². The predicted molar refractivity (Wildman–Crippen MR) is 110 cm³/mol. The molecule has 152 valence electrons. The molecule has 0 fully saturated rings. The van der Waals surface area contributed by atoms with Crippen LogP contribution in [0.3, 0.4) is 0 Å². The molecule has 0 aliphatic heterocycles. The van der Waals surface area contributed by atoms with Crippen molar-refractivity contribution in [3.8, 4) is 11.3 Å². The number of halogens is 1. The van der Waals surface area contributed by atoms with Crippen molar-refractivity contribution in [2.45, 2.75) is 25.8 Å². The lowest BCUT2D eigenvalue weighted by Gasteiger charge is -2.16. The second kappa shape index (κ2) is 8.73. The minimum absolute atomic E-state index is 0.157. The Bertz CT molecular complexity index is 1140. The summed E-state index contributed by atoms with van der Waals surface area (Å²) in [7, 11) is 0. The van der Waals surface area contributed by atoms with E-state index in [1.165, 1.54) is 6.07 Å². The van der Waals surface area contributed by atoms with Gasteiger partial charge in [-0.1, -0.05) is 42.5 Å². The maximum Gasteiger partial charge on any atom is 0.221 e. The van der Waals surface area contributed by atoms with E-state index in [0.29, 0.717) is 35.2 Å². The molecule has 2 aromatic carbocycles. The molecule has 2 heterocycles. The van der Waals surface area contributed by atoms with Gasteiger partial charge in [0.15, 0.2) is 5.82 Å². The number of aromatic amines is 1. The molecule has 0 saturated carbocycles. The molecular formula is C23H21FN4O2. The lowest BCUT2D eigenvalue weighted by atomic mass is 10.1. The summed E-state index contributed by atoms with van der Waals surface area (Å²) in [5.74, 6) is 1.75. The molecule has 0 aliphatic carbocycles. The molecular weight excluding hydrogens is 383 g/mol. The van der Waals surface area contributed by atoms with E-state index in [4.69, 9.17) is 4.42 Å². The first-order chi connectivity index (χ1) is 14.6. The summed E-state index contributed by atoms with van der Waals surface area (Å²) in [6.07, 6.45) is 0.617. The number of benzene rings is 2. The first-order valence-electron chi connectivity index (χ1n) is 9.67. The highest BCUT2D eigenvalue weighted by molar-refractivity contribution is 5.77. The number of nitrogens with one attached hydrogen (secondary N) is 2. The number of hydrogen-bond donors (Lipinski definition) is 2. The van der Waals surface area contributed by atoms with Gasteiger partial charge in [-0.15, -0.1) is 0 Å². The van der Waals surface area contributed by atoms with Crippen LogP contribution in [0.1, 0.15) is 35.4 Å². The van der Waals surface area contributed by atoms with Gasteiger partial charge in [-0.05, 0) is 36.8 Å². The molecule has 4 rings (SSSR count). The van der Waals surface area contributed by atoms with Gasteiger partial charge in [0, 0.05) is 12.8 Å². The molecule has 0 aliphatic rings. The standard InChI is InChI=1S/C23H21FN4O2/c1-15-25-23(28-27-15)22(16-7-3-2-4-8-16)26-21(29)14-12-17-11-13-20(30-17)18-9-5-6-10-19(18)24/h2-11,13,22H,12,14H2,1H3,(H,26,29)(H,25,27,28). The van der Waals surface area contributed by atoms with Gasteiger partial charge in [0.2, 0.25) is 5.91 Å². The van der Waals surface area contributed by atoms with Crippen LogP contribution in [0, 0.1) is 12.7 Å². The van der Waals surface area contributed by atoms with E-state index in [-0.39, 0.29) is 18.1 Å². The fourth-order valence-corrected chi connectivity index (χ4v) is 3.22. The second-order valence-corrected chi connectivity index (χ2v) is 6.94. The zero-order valence-electron chi connectivity index (χ0n) is 16.4. The van der Waals surface area contributed by atoms with Crippen molar-refractivity contribution in [1.82, 2.24) is 20.5 Å². The molecule has 4 aromatic rings. The average Bonchev–Trinajstić information content (AvgIpc) is 3.40. The van der Waals surface area contributed by atoms with Crippen molar-refractivity contribution in [1.29, 1.82) is 0 Å². The van der Waals surface area contributed by atoms with Crippen LogP contribution in [0.4, 0.5) is 4.39 Å². The number of H-pyrrole nitrogens is 1. The first-order valence-corrected chi connectivity index (χ1v) is 9.67. The van der Waals surface area contributed by atoms with E-state index in [1.807, 2.05) is 37.3 Å². The van der Waals surface area contributed by atoms with Gasteiger partial charge in [0.05, 0.1) is 5.56 Å². The van der Waals surface area contributed by atoms with Gasteiger partial charge in [-0.25, -0.2) is 9.37 Å². The van der Waals surface area contributed by atoms with Crippen LogP contribution in [0.2, 0.25) is 0 Å². The summed E-state index contributed by atoms with van der Waals surface area (Å²) in [4.78, 5) is 17.0. The van der Waals surface area contributed by atoms with Gasteiger partial charge in [-0.2, -0.15) is 5.10 Å². The maximum absolute atomic E-state index is 13.9. The highest BCUT2D eigenvalue weighted by Gasteiger charge is 2.21. The quantitative estimate of drug-likeness (QED) is 0.480. The van der Waals surface area contributed by atoms with Gasteiger partial charge in [-0.3, -0.25) is 9.89 Å². The zero-order valence-corrected chi connectivity index (χ0v) is 16.4. The summed E-state index contributed by atoms with van der Waals surface area (Å²) >= 11 is 0. The lowest BCUT2D eigenvalue weighted by Crippen LogP contribution is -2.30. The van der Waals surface area contributed by atoms with Gasteiger partial charge in [0.1, 0.15) is 29.2 Å². The predicted octanol–water partition coefficient (Wildman–Crippen LogP) is 4.35. The molecule has 0 saturated heterocycles. The topological polar surface area (TPSA) is 83.8 Å². The van der Waals surface area contributed by atoms with Gasteiger partial charge in [0.25, 0.3) is 0 Å². The molecule has 0 spiro atoms. The Morgan fingerprint density at radius 2 is 1.87 bits per heavy atom. The minimum atomic E-state index is -0.450. The Morgan fingerprint density at radius 1 is 1.10 bits per heavy atom. The number of nitrogens with zero attached hydrogens (tertiary/aromatic N) is 2. The van der Waals surface area contributed by atoms with Crippen molar-refractivity contribution in [2.75, 3.05) is 0 Å². The SMILES string of the molecule is Cc1nc(C(NC(=O)CCc2ccc(-c3ccccc3F)o2)c2ccccc2)n[nH]1. The van der Waals surface area contributed by atoms with E-state index < -0.39 is 6.04 Å². The molecule has 6 nitrogen and oxygen atoms in total. The molecule has 2 aromatic heterocycles. The summed E-state index contributed by atoms with van der Waals surface area (Å²) in [6, 6.07) is 19.0. The smallest absolute Gasteiger partial charge is 0.221 e. The molecule has 1 unspecified atom stereocenters. The van der Waals surface area contributed by atoms with Crippen LogP contribution in [0.25, 0.3) is 11.3 Å². The molecule has 0 bridgehead atoms. The normalized spacial score (nSPS) is 11.9. The number of hydrogen-bond acceptors (Lipinski definition) is 4. The number of furan rings is 1. The summed E-state index contributed by atoms with van der Waals surface area (Å²) in [5, 5.41) is 10.0. The summed E-state index contributed by atoms with van der Waals surface area (Å²) in [6.45, 7) is 1.81. The minimum Gasteiger partial charge on any atom is -0.461 e. The number of rotatable bonds is 7. The number of carbonyl (C=O) groups excluding carboxylic acids is 1. The van der Waals surface area contributed by atoms with Crippen molar-refractivity contribution in [2.24, 2.45) is 0 Å². The molecule has 2 N–H and O–H groups in total. The van der Waals surface area contributed by atoms with Crippen LogP contribution < -0.4 is 5.32 Å². The largest absolute Gasteiger partial charge is 0.461 e. The van der Waals surface area contributed by atoms with Crippen LogP contribution in [0.15, 0.2) is 71.1 Å². The van der Waals surface area contributed by atoms with E-state index in [1.54, 1.807) is 30.3 Å². The fraction of sp³-hybridized carbons (Fsp3) is 0.174. The molecule has 7 heteroatoms. The van der Waals surface area contributed by atoms with Crippen molar-refractivity contribution >= 4 is 5.91 Å². The number of aromatic nitrogens is 3. The summed E-state index contributed by atoms with van der Waals surface area (Å²) in [5.41, 5.74) is 1.29. The second-order valence-electron chi connectivity index (χ2n) is 6.94. The van der Waals surface area contributed by atoms with Crippen LogP contribution in [-0.4, -0.2) is 21.1 Å². The Kier molecular flexibility index (Phi) is 5.70. The van der Waals surface area contributed by atoms with E-state index in [9.17, 15) is 9.18 Å². The van der Waals surface area contributed by atoms with Gasteiger partial charge >= 0.3 is 0 Å². The molecule has 1 atom stereocenters. The number of amides is 1. The molecule has 1 amide bonds. The Balaban J connectivity index is 1.43. The third-order valence-corrected chi connectivity index (χ3v) is 4.71. The van der Waals surface area contributed by atoms with Crippen molar-refractivity contribution < 1.29 is 13.6 Å². The Hall–Kier alpha value is -3.74. The number of aryl methyl sites for hydroxylation is 2. The van der Waals surface area contributed by atoms with Crippen LogP contribution >= 0.6 is 0 Å². The van der Waals surface area contributed by atoms with E-state index >= 15 is 0 Å². The van der Waals surface area contributed by atoms with Crippen molar-refractivity contribution in [3.63, 3.8) is 0 Å². The fourth-order valence-electron chi connectivity index (χ4n) is 3.22. The van der Waals surface area contributed by atoms with Crippen molar-refractivity contribution in [3.05, 3.63) is 95.5 Å². The first kappa shape index (κ1) is 19.6. The highest BCUT2D eigenvalue weighted by atomic mass is 19.1. The Labute approximate surface area is 173 Å². The van der Waals surface area contributed by atoms with Crippen LogP contribution in [0.5, 0.6) is 0 Å². The third kappa shape index (κ3) is 4.46. The average molecular weight is 404 g/mol. The molecule has 30 heavy (non-hydrogen) atoms. The maximum atomic E-state index is 13.9. The van der Waals surface area contributed by atoms with E-state index in [2.05, 4.69) is 20.5 Å². The Morgan fingerprint density at radius 3 is 2.60 bits per heavy atom. The number of carbonyl (C=O) groups is 1. The zero-order chi connectivity index (χ0) is 20.9. The molecule has 0 radical (unpaired) electrons. The third-order valence-electron chi connectivity index (χ3n) is 4.71. The highest BCUT2D eigenvalue weighted by Crippen LogP contribution is 2.25. The summed E-state index contributed by atoms with van der Waals surface area (Å²) < 4.78 is 19.7. The monoisotopic (exact) mass is 404 g/mol. The lowest BCUT2D eigenvalue weighted by molar-refractivity contribution is -0.121. The van der Waals surface area contributed by atoms with Gasteiger partial charge < -0.3 is 9.73 Å².